The highest BCUT2D eigenvalue weighted by Crippen LogP contribution is 2.32. The van der Waals surface area contributed by atoms with E-state index in [1.54, 1.807) is 13.0 Å². The Balaban J connectivity index is 1.93. The van der Waals surface area contributed by atoms with Crippen LogP contribution in [0.1, 0.15) is 35.2 Å². The first-order valence-electron chi connectivity index (χ1n) is 6.85. The lowest BCUT2D eigenvalue weighted by Crippen LogP contribution is -2.12. The monoisotopic (exact) mass is 271 g/mol. The Morgan fingerprint density at radius 2 is 1.90 bits per heavy atom. The molecule has 0 saturated heterocycles. The number of aryl methyl sites for hydroxylation is 1. The molecule has 0 aliphatic carbocycles. The minimum atomic E-state index is -0.314. The first kappa shape index (κ1) is 13.1. The van der Waals surface area contributed by atoms with Gasteiger partial charge in [0.05, 0.1) is 6.04 Å². The van der Waals surface area contributed by atoms with Crippen molar-refractivity contribution in [2.45, 2.75) is 32.4 Å². The van der Waals surface area contributed by atoms with Crippen LogP contribution in [0.4, 0.5) is 4.39 Å². The van der Waals surface area contributed by atoms with Gasteiger partial charge in [-0.25, -0.2) is 4.39 Å². The van der Waals surface area contributed by atoms with E-state index in [4.69, 9.17) is 10.5 Å². The summed E-state index contributed by atoms with van der Waals surface area (Å²) in [5.74, 6) is 0.722. The molecule has 1 aliphatic rings. The minimum absolute atomic E-state index is 0.212. The van der Waals surface area contributed by atoms with E-state index in [0.717, 1.165) is 23.3 Å². The van der Waals surface area contributed by atoms with Crippen molar-refractivity contribution in [1.29, 1.82) is 0 Å². The number of nitrogens with two attached hydrogens (primary N) is 1. The van der Waals surface area contributed by atoms with Crippen molar-refractivity contribution in [3.8, 4) is 5.75 Å². The highest BCUT2D eigenvalue weighted by atomic mass is 19.1. The summed E-state index contributed by atoms with van der Waals surface area (Å²) in [5.41, 5.74) is 9.85. The number of ether oxygens (including phenoxy) is 1. The first-order valence-corrected chi connectivity index (χ1v) is 6.85. The predicted octanol–water partition coefficient (Wildman–Crippen LogP) is 3.51. The molecule has 2 nitrogen and oxygen atoms in total. The fourth-order valence-corrected chi connectivity index (χ4v) is 2.63. The molecule has 0 spiro atoms. The van der Waals surface area contributed by atoms with Crippen LogP contribution in [0, 0.1) is 12.7 Å². The predicted molar refractivity (Wildman–Crippen MR) is 77.4 cm³/mol. The fraction of sp³-hybridized carbons (Fsp3) is 0.294. The van der Waals surface area contributed by atoms with Gasteiger partial charge in [0.2, 0.25) is 0 Å². The quantitative estimate of drug-likeness (QED) is 0.907. The summed E-state index contributed by atoms with van der Waals surface area (Å²) in [7, 11) is 0. The third-order valence-electron chi connectivity index (χ3n) is 3.83. The van der Waals surface area contributed by atoms with Gasteiger partial charge < -0.3 is 10.5 Å². The Hall–Kier alpha value is -1.87. The van der Waals surface area contributed by atoms with Crippen molar-refractivity contribution in [3.63, 3.8) is 0 Å². The topological polar surface area (TPSA) is 35.2 Å². The van der Waals surface area contributed by atoms with Gasteiger partial charge in [0, 0.05) is 6.42 Å². The zero-order valence-corrected chi connectivity index (χ0v) is 11.7. The molecule has 1 aliphatic heterocycles. The van der Waals surface area contributed by atoms with E-state index in [1.807, 2.05) is 18.2 Å². The van der Waals surface area contributed by atoms with E-state index in [2.05, 4.69) is 13.0 Å². The molecule has 2 N–H and O–H groups in total. The fourth-order valence-electron chi connectivity index (χ4n) is 2.63. The van der Waals surface area contributed by atoms with Gasteiger partial charge in [-0.3, -0.25) is 0 Å². The largest absolute Gasteiger partial charge is 0.490 e. The molecule has 0 saturated carbocycles. The first-order chi connectivity index (χ1) is 9.54. The Bertz CT molecular complexity index is 653. The van der Waals surface area contributed by atoms with Gasteiger partial charge in [0.25, 0.3) is 0 Å². The van der Waals surface area contributed by atoms with Gasteiger partial charge in [-0.2, -0.15) is 0 Å². The number of hydrogen-bond acceptors (Lipinski definition) is 2. The second kappa shape index (κ2) is 4.91. The summed E-state index contributed by atoms with van der Waals surface area (Å²) >= 11 is 0. The number of halogens is 1. The van der Waals surface area contributed by atoms with Gasteiger partial charge in [-0.15, -0.1) is 0 Å². The third kappa shape index (κ3) is 2.29. The lowest BCUT2D eigenvalue weighted by Gasteiger charge is -2.14. The van der Waals surface area contributed by atoms with Gasteiger partial charge in [-0.1, -0.05) is 24.3 Å². The van der Waals surface area contributed by atoms with Crippen molar-refractivity contribution in [3.05, 3.63) is 64.5 Å². The van der Waals surface area contributed by atoms with Gasteiger partial charge in [0.15, 0.2) is 0 Å². The minimum Gasteiger partial charge on any atom is -0.490 e. The van der Waals surface area contributed by atoms with Crippen LogP contribution in [0.15, 0.2) is 36.4 Å². The molecule has 2 aromatic rings. The molecule has 3 rings (SSSR count). The Kier molecular flexibility index (Phi) is 3.22. The molecular weight excluding hydrogens is 253 g/mol. The van der Waals surface area contributed by atoms with Crippen LogP contribution in [0.2, 0.25) is 0 Å². The molecule has 2 aromatic carbocycles. The summed E-state index contributed by atoms with van der Waals surface area (Å²) in [6.45, 7) is 3.80. The zero-order valence-electron chi connectivity index (χ0n) is 11.7. The van der Waals surface area contributed by atoms with Gasteiger partial charge in [0.1, 0.15) is 17.7 Å². The van der Waals surface area contributed by atoms with E-state index in [1.165, 1.54) is 11.6 Å². The molecule has 0 amide bonds. The third-order valence-corrected chi connectivity index (χ3v) is 3.83. The van der Waals surface area contributed by atoms with Crippen LogP contribution in [0.3, 0.4) is 0 Å². The molecule has 1 heterocycles. The molecule has 0 bridgehead atoms. The normalized spacial score (nSPS) is 18.5. The molecule has 104 valence electrons. The maximum absolute atomic E-state index is 13.7. The smallest absolute Gasteiger partial charge is 0.126 e. The molecule has 2 unspecified atom stereocenters. The lowest BCUT2D eigenvalue weighted by molar-refractivity contribution is 0.254. The van der Waals surface area contributed by atoms with E-state index >= 15 is 0 Å². The van der Waals surface area contributed by atoms with E-state index in [0.29, 0.717) is 5.56 Å². The van der Waals surface area contributed by atoms with Gasteiger partial charge in [-0.05, 0) is 48.2 Å². The lowest BCUT2D eigenvalue weighted by atomic mass is 9.96. The van der Waals surface area contributed by atoms with Gasteiger partial charge >= 0.3 is 0 Å². The highest BCUT2D eigenvalue weighted by Gasteiger charge is 2.20. The van der Waals surface area contributed by atoms with Crippen molar-refractivity contribution in [1.82, 2.24) is 0 Å². The van der Waals surface area contributed by atoms with Crippen LogP contribution in [-0.2, 0) is 6.42 Å². The Labute approximate surface area is 118 Å². The van der Waals surface area contributed by atoms with Crippen LogP contribution in [0.25, 0.3) is 0 Å². The standard InChI is InChI=1S/C17H18FNO/c1-10-3-4-13(9-15(10)18)17(19)12-5-6-16-14(8-12)7-11(2)20-16/h3-6,8-9,11,17H,7,19H2,1-2H3. The summed E-state index contributed by atoms with van der Waals surface area (Å²) in [4.78, 5) is 0. The van der Waals surface area contributed by atoms with E-state index in [9.17, 15) is 4.39 Å². The molecule has 0 radical (unpaired) electrons. The highest BCUT2D eigenvalue weighted by molar-refractivity contribution is 5.44. The van der Waals surface area contributed by atoms with E-state index in [-0.39, 0.29) is 18.0 Å². The maximum Gasteiger partial charge on any atom is 0.126 e. The molecule has 0 fully saturated rings. The van der Waals surface area contributed by atoms with Crippen LogP contribution < -0.4 is 10.5 Å². The summed E-state index contributed by atoms with van der Waals surface area (Å²) in [5, 5.41) is 0. The second-order valence-corrected chi connectivity index (χ2v) is 5.49. The average Bonchev–Trinajstić information content (AvgIpc) is 2.80. The number of rotatable bonds is 2. The average molecular weight is 271 g/mol. The summed E-state index contributed by atoms with van der Waals surface area (Å²) in [6.07, 6.45) is 1.12. The molecule has 3 heteroatoms. The van der Waals surface area contributed by atoms with Crippen molar-refractivity contribution < 1.29 is 9.13 Å². The number of fused-ring (bicyclic) bond motifs is 1. The molecule has 20 heavy (non-hydrogen) atoms. The molecule has 0 aromatic heterocycles. The summed E-state index contributed by atoms with van der Waals surface area (Å²) in [6, 6.07) is 10.8. The molecular formula is C17H18FNO. The number of benzene rings is 2. The van der Waals surface area contributed by atoms with E-state index < -0.39 is 0 Å². The van der Waals surface area contributed by atoms with Crippen LogP contribution in [0.5, 0.6) is 5.75 Å². The van der Waals surface area contributed by atoms with Crippen molar-refractivity contribution in [2.24, 2.45) is 5.73 Å². The summed E-state index contributed by atoms with van der Waals surface area (Å²) < 4.78 is 19.3. The SMILES string of the molecule is Cc1ccc(C(N)c2ccc3c(c2)CC(C)O3)cc1F. The maximum atomic E-state index is 13.7. The van der Waals surface area contributed by atoms with Crippen molar-refractivity contribution >= 4 is 0 Å². The Morgan fingerprint density at radius 3 is 2.65 bits per heavy atom. The van der Waals surface area contributed by atoms with Crippen LogP contribution in [-0.4, -0.2) is 6.10 Å². The Morgan fingerprint density at radius 1 is 1.20 bits per heavy atom. The number of hydrogen-bond donors (Lipinski definition) is 1. The van der Waals surface area contributed by atoms with Crippen molar-refractivity contribution in [2.75, 3.05) is 0 Å². The zero-order chi connectivity index (χ0) is 14.3. The second-order valence-electron chi connectivity index (χ2n) is 5.49. The molecule has 2 atom stereocenters. The van der Waals surface area contributed by atoms with Crippen LogP contribution >= 0.6 is 0 Å².